The molecule has 0 aromatic rings. The summed E-state index contributed by atoms with van der Waals surface area (Å²) in [4.78, 5) is 0. The van der Waals surface area contributed by atoms with E-state index in [-0.39, 0.29) is 0 Å². The Kier molecular flexibility index (Phi) is 2.27. The second-order valence-corrected chi connectivity index (χ2v) is 6.46. The Morgan fingerprint density at radius 3 is 2.50 bits per heavy atom. The smallest absolute Gasteiger partial charge is 0.0980 e. The highest BCUT2D eigenvalue weighted by atomic mass is 15.6. The molecule has 3 aliphatic rings. The lowest BCUT2D eigenvalue weighted by Crippen LogP contribution is -2.46. The molecule has 5 atom stereocenters. The van der Waals surface area contributed by atoms with Crippen LogP contribution in [0.5, 0.6) is 0 Å². The Labute approximate surface area is 98.3 Å². The summed E-state index contributed by atoms with van der Waals surface area (Å²) in [6.45, 7) is 9.22. The van der Waals surface area contributed by atoms with Crippen molar-refractivity contribution in [1.82, 2.24) is 5.01 Å². The molecular weight excluding hydrogens is 198 g/mol. The molecule has 0 aromatic heterocycles. The van der Waals surface area contributed by atoms with Crippen LogP contribution in [-0.4, -0.2) is 23.1 Å². The molecule has 0 radical (unpaired) electrons. The first kappa shape index (κ1) is 10.5. The predicted octanol–water partition coefficient (Wildman–Crippen LogP) is 3.13. The Morgan fingerprint density at radius 1 is 1.12 bits per heavy atom. The molecule has 1 aliphatic heterocycles. The minimum absolute atomic E-state index is 0.505. The normalized spacial score (nSPS) is 45.1. The van der Waals surface area contributed by atoms with Gasteiger partial charge in [0, 0.05) is 6.04 Å². The van der Waals surface area contributed by atoms with Gasteiger partial charge in [0.15, 0.2) is 0 Å². The van der Waals surface area contributed by atoms with Crippen molar-refractivity contribution < 1.29 is 0 Å². The third-order valence-corrected chi connectivity index (χ3v) is 4.95. The maximum absolute atomic E-state index is 4.53. The van der Waals surface area contributed by atoms with E-state index in [4.69, 9.17) is 0 Å². The van der Waals surface area contributed by atoms with Crippen molar-refractivity contribution in [3.05, 3.63) is 0 Å². The second kappa shape index (κ2) is 3.44. The molecule has 0 N–H and O–H groups in total. The van der Waals surface area contributed by atoms with Crippen molar-refractivity contribution >= 4 is 0 Å². The number of nitrogens with zero attached hydrogens (tertiary/aromatic N) is 3. The van der Waals surface area contributed by atoms with Crippen molar-refractivity contribution in [2.75, 3.05) is 0 Å². The molecule has 90 valence electrons. The van der Waals surface area contributed by atoms with Crippen LogP contribution in [0.25, 0.3) is 0 Å². The fourth-order valence-corrected chi connectivity index (χ4v) is 4.26. The Hall–Kier alpha value is -0.600. The van der Waals surface area contributed by atoms with Crippen LogP contribution in [0.3, 0.4) is 0 Å². The fourth-order valence-electron chi connectivity index (χ4n) is 4.26. The standard InChI is InChI=1S/C13H23N3/c1-7(2)10-5-9-6-11(10)13-12(9)14-15-16(13)8(3)4/h7-13H,5-6H2,1-4H3. The summed E-state index contributed by atoms with van der Waals surface area (Å²) in [7, 11) is 0. The Bertz CT molecular complexity index is 310. The van der Waals surface area contributed by atoms with Gasteiger partial charge in [0.2, 0.25) is 0 Å². The molecular formula is C13H23N3. The molecule has 0 amide bonds. The van der Waals surface area contributed by atoms with Gasteiger partial charge in [0.1, 0.15) is 0 Å². The van der Waals surface area contributed by atoms with Gasteiger partial charge in [0.05, 0.1) is 12.1 Å². The summed E-state index contributed by atoms with van der Waals surface area (Å²) in [6.07, 6.45) is 2.80. The predicted molar refractivity (Wildman–Crippen MR) is 63.9 cm³/mol. The van der Waals surface area contributed by atoms with E-state index >= 15 is 0 Å². The third-order valence-electron chi connectivity index (χ3n) is 4.95. The van der Waals surface area contributed by atoms with E-state index < -0.39 is 0 Å². The van der Waals surface area contributed by atoms with Gasteiger partial charge >= 0.3 is 0 Å². The highest BCUT2D eigenvalue weighted by molar-refractivity contribution is 5.10. The molecule has 2 aliphatic carbocycles. The highest BCUT2D eigenvalue weighted by Gasteiger charge is 2.58. The number of rotatable bonds is 2. The van der Waals surface area contributed by atoms with Crippen LogP contribution in [-0.2, 0) is 0 Å². The molecule has 2 fully saturated rings. The van der Waals surface area contributed by atoms with Crippen molar-refractivity contribution in [3.63, 3.8) is 0 Å². The van der Waals surface area contributed by atoms with Crippen LogP contribution < -0.4 is 0 Å². The fraction of sp³-hybridized carbons (Fsp3) is 1.00. The molecule has 5 unspecified atom stereocenters. The number of hydrogen-bond donors (Lipinski definition) is 0. The maximum atomic E-state index is 4.53. The van der Waals surface area contributed by atoms with Crippen molar-refractivity contribution in [3.8, 4) is 0 Å². The summed E-state index contributed by atoms with van der Waals surface area (Å²) in [5.74, 6) is 3.42. The average Bonchev–Trinajstić information content (AvgIpc) is 2.87. The number of fused-ring (bicyclic) bond motifs is 5. The molecule has 3 nitrogen and oxygen atoms in total. The molecule has 0 aromatic carbocycles. The lowest BCUT2D eigenvalue weighted by Gasteiger charge is -2.37. The monoisotopic (exact) mass is 221 g/mol. The summed E-state index contributed by atoms with van der Waals surface area (Å²) in [5.41, 5.74) is 0. The average molecular weight is 221 g/mol. The van der Waals surface area contributed by atoms with E-state index in [0.29, 0.717) is 18.1 Å². The van der Waals surface area contributed by atoms with Crippen LogP contribution in [0, 0.1) is 23.7 Å². The van der Waals surface area contributed by atoms with Gasteiger partial charge in [-0.2, -0.15) is 5.11 Å². The zero-order chi connectivity index (χ0) is 11.4. The van der Waals surface area contributed by atoms with Crippen LogP contribution in [0.1, 0.15) is 40.5 Å². The van der Waals surface area contributed by atoms with E-state index in [0.717, 1.165) is 23.7 Å². The van der Waals surface area contributed by atoms with E-state index in [2.05, 4.69) is 43.0 Å². The largest absolute Gasteiger partial charge is 0.271 e. The van der Waals surface area contributed by atoms with E-state index in [1.54, 1.807) is 0 Å². The molecule has 2 bridgehead atoms. The first-order valence-electron chi connectivity index (χ1n) is 6.78. The van der Waals surface area contributed by atoms with Gasteiger partial charge in [-0.3, -0.25) is 5.01 Å². The SMILES string of the molecule is CC(C)C1CC2CC1C1C2N=NN1C(C)C. The van der Waals surface area contributed by atoms with Gasteiger partial charge < -0.3 is 0 Å². The molecule has 1 heterocycles. The molecule has 16 heavy (non-hydrogen) atoms. The Balaban J connectivity index is 1.84. The summed E-state index contributed by atoms with van der Waals surface area (Å²) >= 11 is 0. The molecule has 3 rings (SSSR count). The van der Waals surface area contributed by atoms with Crippen LogP contribution in [0.15, 0.2) is 10.3 Å². The number of hydrogen-bond acceptors (Lipinski definition) is 3. The summed E-state index contributed by atoms with van der Waals surface area (Å²) < 4.78 is 0. The topological polar surface area (TPSA) is 28.0 Å². The van der Waals surface area contributed by atoms with Crippen molar-refractivity contribution in [1.29, 1.82) is 0 Å². The summed E-state index contributed by atoms with van der Waals surface area (Å²) in [6, 6.07) is 1.67. The minimum Gasteiger partial charge on any atom is -0.271 e. The quantitative estimate of drug-likeness (QED) is 0.704. The maximum Gasteiger partial charge on any atom is 0.0980 e. The summed E-state index contributed by atoms with van der Waals surface area (Å²) in [5, 5.41) is 11.2. The second-order valence-electron chi connectivity index (χ2n) is 6.46. The van der Waals surface area contributed by atoms with Crippen molar-refractivity contribution in [2.45, 2.75) is 58.7 Å². The molecule has 0 spiro atoms. The lowest BCUT2D eigenvalue weighted by molar-refractivity contribution is 0.0891. The molecule has 2 saturated carbocycles. The molecule has 3 heteroatoms. The van der Waals surface area contributed by atoms with Gasteiger partial charge in [-0.25, -0.2) is 0 Å². The Morgan fingerprint density at radius 2 is 1.88 bits per heavy atom. The van der Waals surface area contributed by atoms with E-state index in [1.807, 2.05) is 0 Å². The highest BCUT2D eigenvalue weighted by Crippen LogP contribution is 2.55. The van der Waals surface area contributed by atoms with Gasteiger partial charge in [-0.15, -0.1) is 0 Å². The minimum atomic E-state index is 0.505. The van der Waals surface area contributed by atoms with Gasteiger partial charge in [0.25, 0.3) is 0 Å². The van der Waals surface area contributed by atoms with Crippen LogP contribution >= 0.6 is 0 Å². The van der Waals surface area contributed by atoms with E-state index in [9.17, 15) is 0 Å². The lowest BCUT2D eigenvalue weighted by atomic mass is 9.76. The van der Waals surface area contributed by atoms with Crippen molar-refractivity contribution in [2.24, 2.45) is 34.0 Å². The molecule has 0 saturated heterocycles. The zero-order valence-corrected chi connectivity index (χ0v) is 10.8. The van der Waals surface area contributed by atoms with Gasteiger partial charge in [-0.05, 0) is 50.4 Å². The zero-order valence-electron chi connectivity index (χ0n) is 10.8. The van der Waals surface area contributed by atoms with Gasteiger partial charge in [-0.1, -0.05) is 19.1 Å². The van der Waals surface area contributed by atoms with E-state index in [1.165, 1.54) is 12.8 Å². The van der Waals surface area contributed by atoms with Crippen LogP contribution in [0.4, 0.5) is 0 Å². The first-order valence-corrected chi connectivity index (χ1v) is 6.78. The third kappa shape index (κ3) is 1.26. The first-order chi connectivity index (χ1) is 7.59. The van der Waals surface area contributed by atoms with Crippen LogP contribution in [0.2, 0.25) is 0 Å².